The van der Waals surface area contributed by atoms with Gasteiger partial charge in [0.25, 0.3) is 0 Å². The van der Waals surface area contributed by atoms with E-state index in [0.717, 1.165) is 10.2 Å². The molecule has 15 heavy (non-hydrogen) atoms. The lowest BCUT2D eigenvalue weighted by Crippen LogP contribution is -2.31. The van der Waals surface area contributed by atoms with Crippen molar-refractivity contribution in [1.82, 2.24) is 5.43 Å². The van der Waals surface area contributed by atoms with Gasteiger partial charge in [0.1, 0.15) is 0 Å². The molecule has 0 saturated carbocycles. The molecule has 0 atom stereocenters. The number of nitrogens with two attached hydrogens (primary N) is 2. The van der Waals surface area contributed by atoms with Crippen LogP contribution in [0.2, 0.25) is 0 Å². The van der Waals surface area contributed by atoms with Gasteiger partial charge in [-0.3, -0.25) is 5.43 Å². The summed E-state index contributed by atoms with van der Waals surface area (Å²) in [6.45, 7) is 0. The molecule has 80 valence electrons. The lowest BCUT2D eigenvalue weighted by atomic mass is 10.3. The summed E-state index contributed by atoms with van der Waals surface area (Å²) in [6.07, 6.45) is 0. The smallest absolute Gasteiger partial charge is 0.208 e. The van der Waals surface area contributed by atoms with Crippen molar-refractivity contribution in [3.63, 3.8) is 0 Å². The van der Waals surface area contributed by atoms with Crippen molar-refractivity contribution in [2.24, 2.45) is 16.6 Å². The fourth-order valence-electron chi connectivity index (χ4n) is 0.808. The Kier molecular flexibility index (Phi) is 4.32. The van der Waals surface area contributed by atoms with Crippen LogP contribution in [0, 0.1) is 0 Å². The van der Waals surface area contributed by atoms with Gasteiger partial charge in [0.05, 0.1) is 0 Å². The molecule has 0 aliphatic rings. The molecule has 0 heterocycles. The zero-order chi connectivity index (χ0) is 11.3. The maximum atomic E-state index is 5.13. The quantitative estimate of drug-likeness (QED) is 0.281. The van der Waals surface area contributed by atoms with E-state index in [9.17, 15) is 0 Å². The Bertz CT molecular complexity index is 371. The fourth-order valence-corrected chi connectivity index (χ4v) is 1.24. The number of halogens is 1. The summed E-state index contributed by atoms with van der Waals surface area (Å²) in [4.78, 5) is 0. The molecule has 0 amide bonds. The molecule has 0 aliphatic carbocycles. The molecule has 0 radical (unpaired) electrons. The third-order valence-electron chi connectivity index (χ3n) is 1.39. The van der Waals surface area contributed by atoms with Crippen LogP contribution >= 0.6 is 28.1 Å². The Morgan fingerprint density at radius 2 is 1.87 bits per heavy atom. The van der Waals surface area contributed by atoms with Gasteiger partial charge < -0.3 is 16.8 Å². The van der Waals surface area contributed by atoms with Crippen molar-refractivity contribution in [3.8, 4) is 0 Å². The van der Waals surface area contributed by atoms with Crippen LogP contribution in [0.25, 0.3) is 0 Å². The molecule has 6 N–H and O–H groups in total. The van der Waals surface area contributed by atoms with Crippen LogP contribution in [0.5, 0.6) is 0 Å². The second-order valence-electron chi connectivity index (χ2n) is 2.61. The van der Waals surface area contributed by atoms with Gasteiger partial charge in [0.15, 0.2) is 5.11 Å². The zero-order valence-electron chi connectivity index (χ0n) is 7.70. The second kappa shape index (κ2) is 5.52. The first-order valence-corrected chi connectivity index (χ1v) is 5.19. The van der Waals surface area contributed by atoms with Crippen molar-refractivity contribution in [1.29, 1.82) is 0 Å². The highest BCUT2D eigenvalue weighted by Crippen LogP contribution is 2.13. The van der Waals surface area contributed by atoms with Crippen molar-refractivity contribution >= 4 is 44.9 Å². The minimum absolute atomic E-state index is 0.0741. The number of nitrogens with one attached hydrogen (secondary N) is 2. The molecule has 0 unspecified atom stereocenters. The summed E-state index contributed by atoms with van der Waals surface area (Å²) in [6, 6.07) is 7.53. The summed E-state index contributed by atoms with van der Waals surface area (Å²) < 4.78 is 0.996. The van der Waals surface area contributed by atoms with E-state index in [1.807, 2.05) is 24.3 Å². The van der Waals surface area contributed by atoms with Gasteiger partial charge in [0, 0.05) is 10.2 Å². The first kappa shape index (κ1) is 11.7. The topological polar surface area (TPSA) is 88.5 Å². The minimum Gasteiger partial charge on any atom is -0.369 e. The third kappa shape index (κ3) is 4.61. The predicted molar refractivity (Wildman–Crippen MR) is 69.3 cm³/mol. The maximum absolute atomic E-state index is 5.13. The van der Waals surface area contributed by atoms with E-state index in [1.165, 1.54) is 0 Å². The number of thiocarbonyl (C=S) groups is 1. The summed E-state index contributed by atoms with van der Waals surface area (Å²) >= 11 is 8.27. The second-order valence-corrected chi connectivity index (χ2v) is 3.93. The van der Waals surface area contributed by atoms with Gasteiger partial charge in [-0.15, -0.1) is 5.10 Å². The van der Waals surface area contributed by atoms with Crippen molar-refractivity contribution in [2.75, 3.05) is 5.32 Å². The first-order chi connectivity index (χ1) is 7.08. The highest BCUT2D eigenvalue weighted by atomic mass is 79.9. The Morgan fingerprint density at radius 1 is 1.27 bits per heavy atom. The predicted octanol–water partition coefficient (Wildman–Crippen LogP) is 0.924. The molecular formula is C8H10BrN5S. The average molecular weight is 288 g/mol. The van der Waals surface area contributed by atoms with Crippen molar-refractivity contribution < 1.29 is 0 Å². The fraction of sp³-hybridized carbons (Fsp3) is 0. The Hall–Kier alpha value is -1.34. The van der Waals surface area contributed by atoms with Gasteiger partial charge in [-0.1, -0.05) is 15.9 Å². The van der Waals surface area contributed by atoms with E-state index in [0.29, 0.717) is 5.11 Å². The minimum atomic E-state index is -0.0741. The average Bonchev–Trinajstić information content (AvgIpc) is 2.19. The van der Waals surface area contributed by atoms with Gasteiger partial charge in [-0.05, 0) is 36.5 Å². The SMILES string of the molecule is NC(N)=NNC(=S)Nc1ccc(Br)cc1. The molecule has 0 spiro atoms. The van der Waals surface area contributed by atoms with E-state index >= 15 is 0 Å². The van der Waals surface area contributed by atoms with Crippen LogP contribution in [0.1, 0.15) is 0 Å². The number of hydrogen-bond acceptors (Lipinski definition) is 2. The molecule has 1 aromatic carbocycles. The number of nitrogens with zero attached hydrogens (tertiary/aromatic N) is 1. The lowest BCUT2D eigenvalue weighted by Gasteiger charge is -2.06. The van der Waals surface area contributed by atoms with Crippen molar-refractivity contribution in [3.05, 3.63) is 28.7 Å². The number of rotatable bonds is 2. The van der Waals surface area contributed by atoms with E-state index in [2.05, 4.69) is 31.8 Å². The lowest BCUT2D eigenvalue weighted by molar-refractivity contribution is 1.03. The van der Waals surface area contributed by atoms with Crippen LogP contribution in [-0.4, -0.2) is 11.1 Å². The molecule has 1 rings (SSSR count). The van der Waals surface area contributed by atoms with Crippen LogP contribution < -0.4 is 22.2 Å². The monoisotopic (exact) mass is 287 g/mol. The number of benzene rings is 1. The van der Waals surface area contributed by atoms with E-state index < -0.39 is 0 Å². The zero-order valence-corrected chi connectivity index (χ0v) is 10.1. The molecule has 1 aromatic rings. The molecular weight excluding hydrogens is 278 g/mol. The van der Waals surface area contributed by atoms with Crippen LogP contribution in [0.15, 0.2) is 33.8 Å². The first-order valence-electron chi connectivity index (χ1n) is 3.99. The summed E-state index contributed by atoms with van der Waals surface area (Å²) in [5.74, 6) is -0.0741. The standard InChI is InChI=1S/C8H10BrN5S/c9-5-1-3-6(4-2-5)12-8(15)14-13-7(10)11/h1-4H,(H4,10,11,13)(H2,12,14,15). The molecule has 0 fully saturated rings. The third-order valence-corrected chi connectivity index (χ3v) is 2.11. The number of anilines is 1. The van der Waals surface area contributed by atoms with Crippen LogP contribution in [-0.2, 0) is 0 Å². The number of hydrazone groups is 1. The van der Waals surface area contributed by atoms with Gasteiger partial charge in [-0.25, -0.2) is 0 Å². The highest BCUT2D eigenvalue weighted by molar-refractivity contribution is 9.10. The molecule has 0 bridgehead atoms. The van der Waals surface area contributed by atoms with E-state index in [-0.39, 0.29) is 5.96 Å². The Balaban J connectivity index is 2.51. The largest absolute Gasteiger partial charge is 0.369 e. The Labute approximate surface area is 101 Å². The van der Waals surface area contributed by atoms with E-state index in [1.54, 1.807) is 0 Å². The van der Waals surface area contributed by atoms with Crippen LogP contribution in [0.3, 0.4) is 0 Å². The molecule has 5 nitrogen and oxygen atoms in total. The Morgan fingerprint density at radius 3 is 2.40 bits per heavy atom. The maximum Gasteiger partial charge on any atom is 0.208 e. The molecule has 7 heteroatoms. The summed E-state index contributed by atoms with van der Waals surface area (Å²) in [5.41, 5.74) is 13.6. The molecule has 0 aliphatic heterocycles. The van der Waals surface area contributed by atoms with E-state index in [4.69, 9.17) is 23.7 Å². The van der Waals surface area contributed by atoms with Gasteiger partial charge in [-0.2, -0.15) is 0 Å². The number of hydrogen-bond donors (Lipinski definition) is 4. The summed E-state index contributed by atoms with van der Waals surface area (Å²) in [5, 5.41) is 6.78. The molecule has 0 saturated heterocycles. The normalized spacial score (nSPS) is 9.13. The van der Waals surface area contributed by atoms with Crippen molar-refractivity contribution in [2.45, 2.75) is 0 Å². The van der Waals surface area contributed by atoms with Gasteiger partial charge in [0.2, 0.25) is 5.96 Å². The van der Waals surface area contributed by atoms with Gasteiger partial charge >= 0.3 is 0 Å². The molecule has 0 aromatic heterocycles. The van der Waals surface area contributed by atoms with Crippen LogP contribution in [0.4, 0.5) is 5.69 Å². The summed E-state index contributed by atoms with van der Waals surface area (Å²) in [7, 11) is 0. The number of guanidine groups is 1. The highest BCUT2D eigenvalue weighted by Gasteiger charge is 1.95.